The summed E-state index contributed by atoms with van der Waals surface area (Å²) in [5.41, 5.74) is 10.1. The fourth-order valence-corrected chi connectivity index (χ4v) is 9.27. The van der Waals surface area contributed by atoms with E-state index in [1.165, 1.54) is 0 Å². The van der Waals surface area contributed by atoms with Crippen LogP contribution in [0.15, 0.2) is 23.8 Å². The second-order valence-electron chi connectivity index (χ2n) is 11.1. The Labute approximate surface area is 296 Å². The Morgan fingerprint density at radius 1 is 0.796 bits per heavy atom. The van der Waals surface area contributed by atoms with Crippen LogP contribution in [0.3, 0.4) is 0 Å². The number of aliphatic hydroxyl groups excluding tert-OH is 2. The van der Waals surface area contributed by atoms with Gasteiger partial charge in [0.15, 0.2) is 41.3 Å². The van der Waals surface area contributed by atoms with Crippen LogP contribution in [0.1, 0.15) is 12.5 Å². The van der Waals surface area contributed by atoms with Crippen molar-refractivity contribution in [1.82, 2.24) is 39.0 Å². The number of halogens is 1. The van der Waals surface area contributed by atoms with E-state index in [1.807, 2.05) is 0 Å². The second-order valence-corrected chi connectivity index (χ2v) is 17.0. The van der Waals surface area contributed by atoms with Crippen molar-refractivity contribution in [2.45, 2.75) is 49.1 Å². The van der Waals surface area contributed by atoms with E-state index in [9.17, 15) is 47.9 Å². The zero-order chi connectivity index (χ0) is 39.5. The number of phosphoric ester groups is 2. The van der Waals surface area contributed by atoms with Gasteiger partial charge in [0.2, 0.25) is 5.95 Å². The molecule has 34 heteroatoms. The quantitative estimate of drug-likeness (QED) is 0.0603. The normalized spacial score (nSPS) is 29.7. The summed E-state index contributed by atoms with van der Waals surface area (Å²) in [6, 6.07) is 0. The average molecular weight is 854 g/mol. The van der Waals surface area contributed by atoms with Crippen molar-refractivity contribution in [1.29, 1.82) is 0 Å². The SMILES string of the molecule is Nc1nc2c(ncn2[C@@H]2O[C@H](COP(=O)(O)O[C@@H]3C(COP(=O)(O)OP(=O)(O)OP(=O)(O)O)O[C@@H](n4cnc5c(N)ncnc54)[C@@H]3F)[C@@H](O)[C@H]2O)c(=O)[nH]1. The van der Waals surface area contributed by atoms with Crippen LogP contribution in [-0.2, 0) is 49.9 Å². The number of imidazole rings is 2. The summed E-state index contributed by atoms with van der Waals surface area (Å²) in [5.74, 6) is -0.458. The highest BCUT2D eigenvalue weighted by Crippen LogP contribution is 2.66. The van der Waals surface area contributed by atoms with Crippen LogP contribution < -0.4 is 17.0 Å². The van der Waals surface area contributed by atoms with Gasteiger partial charge in [-0.05, 0) is 0 Å². The van der Waals surface area contributed by atoms with Crippen LogP contribution in [0, 0.1) is 0 Å². The first-order valence-corrected chi connectivity index (χ1v) is 20.5. The first-order chi connectivity index (χ1) is 25.0. The van der Waals surface area contributed by atoms with Gasteiger partial charge in [-0.3, -0.25) is 32.5 Å². The lowest BCUT2D eigenvalue weighted by atomic mass is 10.1. The van der Waals surface area contributed by atoms with Crippen molar-refractivity contribution in [2.24, 2.45) is 0 Å². The Hall–Kier alpha value is -3.21. The molecule has 0 spiro atoms. The highest BCUT2D eigenvalue weighted by Gasteiger charge is 2.53. The highest BCUT2D eigenvalue weighted by molar-refractivity contribution is 7.66. The van der Waals surface area contributed by atoms with Crippen molar-refractivity contribution in [3.63, 3.8) is 0 Å². The van der Waals surface area contributed by atoms with Crippen molar-refractivity contribution in [2.75, 3.05) is 24.7 Å². The molecule has 0 aromatic carbocycles. The molecule has 29 nitrogen and oxygen atoms in total. The molecule has 0 radical (unpaired) electrons. The largest absolute Gasteiger partial charge is 0.490 e. The molecule has 54 heavy (non-hydrogen) atoms. The Morgan fingerprint density at radius 3 is 2.09 bits per heavy atom. The average Bonchev–Trinajstić information content (AvgIpc) is 3.79. The number of nitrogens with two attached hydrogens (primary N) is 2. The van der Waals surface area contributed by atoms with Crippen molar-refractivity contribution in [3.05, 3.63) is 29.3 Å². The number of hydrogen-bond acceptors (Lipinski definition) is 21. The first kappa shape index (κ1) is 40.5. The third-order valence-corrected chi connectivity index (χ3v) is 12.3. The number of nitrogens with zero attached hydrogens (tertiary/aromatic N) is 7. The fraction of sp³-hybridized carbons (Fsp3) is 0.500. The molecule has 12 N–H and O–H groups in total. The van der Waals surface area contributed by atoms with E-state index in [0.29, 0.717) is 0 Å². The van der Waals surface area contributed by atoms with E-state index in [-0.39, 0.29) is 34.1 Å². The highest BCUT2D eigenvalue weighted by atomic mass is 31.3. The zero-order valence-electron chi connectivity index (χ0n) is 26.2. The van der Waals surface area contributed by atoms with Crippen LogP contribution >= 0.6 is 31.3 Å². The topological polar surface area (TPSA) is 434 Å². The van der Waals surface area contributed by atoms with E-state index in [1.54, 1.807) is 0 Å². The Morgan fingerprint density at radius 2 is 1.41 bits per heavy atom. The second kappa shape index (κ2) is 14.7. The van der Waals surface area contributed by atoms with Gasteiger partial charge in [-0.1, -0.05) is 0 Å². The van der Waals surface area contributed by atoms with E-state index in [4.69, 9.17) is 39.8 Å². The Bertz CT molecular complexity index is 2310. The minimum atomic E-state index is -5.98. The maximum absolute atomic E-state index is 16.1. The lowest BCUT2D eigenvalue weighted by Crippen LogP contribution is -2.35. The molecule has 0 bridgehead atoms. The molecule has 11 atom stereocenters. The molecule has 2 aliphatic rings. The maximum Gasteiger partial charge on any atom is 0.490 e. The van der Waals surface area contributed by atoms with Crippen molar-refractivity contribution < 1.29 is 89.0 Å². The Kier molecular flexibility index (Phi) is 11.0. The van der Waals surface area contributed by atoms with Gasteiger partial charge >= 0.3 is 31.3 Å². The third kappa shape index (κ3) is 8.61. The number of anilines is 2. The van der Waals surface area contributed by atoms with E-state index in [0.717, 1.165) is 28.1 Å². The number of nitrogens with one attached hydrogen (secondary N) is 1. The summed E-state index contributed by atoms with van der Waals surface area (Å²) in [7, 11) is -23.0. The molecule has 4 unspecified atom stereocenters. The van der Waals surface area contributed by atoms with Gasteiger partial charge in [-0.25, -0.2) is 42.6 Å². The lowest BCUT2D eigenvalue weighted by molar-refractivity contribution is -0.0581. The summed E-state index contributed by atoms with van der Waals surface area (Å²) < 4.78 is 99.2. The number of aromatic amines is 1. The third-order valence-electron chi connectivity index (χ3n) is 7.46. The number of aromatic nitrogens is 8. The number of rotatable bonds is 14. The summed E-state index contributed by atoms with van der Waals surface area (Å²) >= 11 is 0. The smallest absolute Gasteiger partial charge is 0.387 e. The molecular weight excluding hydrogens is 827 g/mol. The van der Waals surface area contributed by atoms with Gasteiger partial charge in [-0.15, -0.1) is 0 Å². The lowest BCUT2D eigenvalue weighted by Gasteiger charge is -2.24. The van der Waals surface area contributed by atoms with E-state index < -0.39 is 99.2 Å². The molecule has 0 aliphatic carbocycles. The van der Waals surface area contributed by atoms with Gasteiger partial charge in [-0.2, -0.15) is 13.6 Å². The predicted molar refractivity (Wildman–Crippen MR) is 167 cm³/mol. The number of phosphoric acid groups is 4. The van der Waals surface area contributed by atoms with Gasteiger partial charge in [0.1, 0.15) is 42.4 Å². The van der Waals surface area contributed by atoms with E-state index in [2.05, 4.69) is 43.0 Å². The molecular formula is C20H27FN10O19P4. The molecule has 0 amide bonds. The molecule has 0 saturated carbocycles. The standard InChI is InChI=1S/C20H27FN10O19P4/c21-8-13(48-52(38,39)44-1-6-11(32)12(33)19(46-6)31-5-27-10-16(31)28-20(23)29-17(10)34)7(2-45-53(40,41)50-54(42,43)49-51(35,36)37)47-18(8)30-4-26-9-14(22)24-3-25-15(9)30/h3-8,11-13,18-19,32-33H,1-2H2,(H,38,39)(H,40,41)(H,42,43)(H2,22,24,25)(H2,35,36,37)(H3,23,28,29,34)/t6-,7?,8-,11-,12-,13-,18-,19-/m1/s1. The number of hydrogen-bond donors (Lipinski definition) is 10. The van der Waals surface area contributed by atoms with E-state index >= 15 is 4.39 Å². The molecule has 4 aromatic heterocycles. The summed E-state index contributed by atoms with van der Waals surface area (Å²) in [6.07, 6.45) is -12.4. The summed E-state index contributed by atoms with van der Waals surface area (Å²) in [6.45, 7) is -2.37. The molecule has 2 aliphatic heterocycles. The number of nitrogen functional groups attached to an aromatic ring is 2. The number of aliphatic hydroxyl groups is 2. The van der Waals surface area contributed by atoms with Gasteiger partial charge in [0, 0.05) is 0 Å². The fourth-order valence-electron chi connectivity index (χ4n) is 5.28. The number of ether oxygens (including phenoxy) is 2. The molecule has 6 heterocycles. The van der Waals surface area contributed by atoms with Crippen LogP contribution in [-0.4, -0.2) is 124 Å². The number of alkyl halides is 1. The minimum Gasteiger partial charge on any atom is -0.387 e. The Balaban J connectivity index is 1.19. The summed E-state index contributed by atoms with van der Waals surface area (Å²) in [4.78, 5) is 81.2. The zero-order valence-corrected chi connectivity index (χ0v) is 29.8. The number of fused-ring (bicyclic) bond motifs is 2. The molecule has 298 valence electrons. The molecule has 2 saturated heterocycles. The van der Waals surface area contributed by atoms with Gasteiger partial charge < -0.3 is 55.6 Å². The molecule has 2 fully saturated rings. The van der Waals surface area contributed by atoms with Crippen molar-refractivity contribution in [3.8, 4) is 0 Å². The molecule has 6 rings (SSSR count). The van der Waals surface area contributed by atoms with Crippen LogP contribution in [0.25, 0.3) is 22.3 Å². The van der Waals surface area contributed by atoms with Gasteiger partial charge in [0.05, 0.1) is 25.9 Å². The monoisotopic (exact) mass is 854 g/mol. The van der Waals surface area contributed by atoms with Crippen LogP contribution in [0.4, 0.5) is 16.2 Å². The van der Waals surface area contributed by atoms with Crippen LogP contribution in [0.5, 0.6) is 0 Å². The van der Waals surface area contributed by atoms with Gasteiger partial charge in [0.25, 0.3) is 5.56 Å². The first-order valence-electron chi connectivity index (χ1n) is 14.5. The number of H-pyrrole nitrogens is 1. The maximum atomic E-state index is 16.1. The predicted octanol–water partition coefficient (Wildman–Crippen LogP) is -2.18. The van der Waals surface area contributed by atoms with Crippen LogP contribution in [0.2, 0.25) is 0 Å². The minimum absolute atomic E-state index is 0.0380. The summed E-state index contributed by atoms with van der Waals surface area (Å²) in [5, 5.41) is 21.3. The van der Waals surface area contributed by atoms with Crippen molar-refractivity contribution >= 4 is 65.4 Å². The molecule has 4 aromatic rings.